The lowest BCUT2D eigenvalue weighted by Gasteiger charge is -2.28. The molecule has 0 heterocycles. The zero-order valence-corrected chi connectivity index (χ0v) is 10.8. The topological polar surface area (TPSA) is 78.9 Å². The first-order valence-corrected chi connectivity index (χ1v) is 5.55. The van der Waals surface area contributed by atoms with Crippen molar-refractivity contribution >= 4 is 11.7 Å². The van der Waals surface area contributed by atoms with Gasteiger partial charge in [0, 0.05) is 13.1 Å². The fourth-order valence-corrected chi connectivity index (χ4v) is 1.58. The first-order chi connectivity index (χ1) is 7.31. The molecule has 1 amide bonds. The maximum Gasteiger partial charge on any atom is 0.233 e. The molecule has 5 nitrogen and oxygen atoms in total. The van der Waals surface area contributed by atoms with Crippen LogP contribution < -0.4 is 5.73 Å². The summed E-state index contributed by atoms with van der Waals surface area (Å²) in [4.78, 5) is 13.6. The Morgan fingerprint density at radius 2 is 1.88 bits per heavy atom. The Bertz CT molecular complexity index is 264. The molecule has 0 fully saturated rings. The third-order valence-electron chi connectivity index (χ3n) is 2.75. The van der Waals surface area contributed by atoms with E-state index >= 15 is 0 Å². The molecule has 0 saturated carbocycles. The van der Waals surface area contributed by atoms with Crippen LogP contribution in [0.1, 0.15) is 34.1 Å². The summed E-state index contributed by atoms with van der Waals surface area (Å²) in [6.07, 6.45) is 0.936. The molecule has 0 rings (SSSR count). The van der Waals surface area contributed by atoms with E-state index in [-0.39, 0.29) is 17.8 Å². The number of carbonyl (C=O) groups is 1. The van der Waals surface area contributed by atoms with Crippen LogP contribution >= 0.6 is 0 Å². The zero-order chi connectivity index (χ0) is 12.9. The number of hydrogen-bond donors (Lipinski definition) is 2. The second-order valence-corrected chi connectivity index (χ2v) is 4.67. The van der Waals surface area contributed by atoms with Gasteiger partial charge < -0.3 is 15.8 Å². The minimum absolute atomic E-state index is 0.0476. The number of hydrogen-bond acceptors (Lipinski definition) is 3. The van der Waals surface area contributed by atoms with E-state index in [9.17, 15) is 4.79 Å². The van der Waals surface area contributed by atoms with E-state index < -0.39 is 5.92 Å². The molecule has 2 unspecified atom stereocenters. The van der Waals surface area contributed by atoms with Crippen molar-refractivity contribution in [3.05, 3.63) is 0 Å². The SMILES string of the molecule is CC(C)CC(C)N(C)C(=O)C(C)C(N)=NO. The van der Waals surface area contributed by atoms with E-state index in [2.05, 4.69) is 19.0 Å². The van der Waals surface area contributed by atoms with Crippen molar-refractivity contribution in [3.8, 4) is 0 Å². The van der Waals surface area contributed by atoms with Crippen LogP contribution in [0.4, 0.5) is 0 Å². The van der Waals surface area contributed by atoms with Gasteiger partial charge in [0.05, 0.1) is 5.92 Å². The predicted octanol–water partition coefficient (Wildman–Crippen LogP) is 1.26. The highest BCUT2D eigenvalue weighted by Crippen LogP contribution is 2.12. The van der Waals surface area contributed by atoms with Crippen LogP contribution in [0, 0.1) is 11.8 Å². The van der Waals surface area contributed by atoms with Gasteiger partial charge in [0.2, 0.25) is 5.91 Å². The lowest BCUT2D eigenvalue weighted by atomic mass is 10.0. The quantitative estimate of drug-likeness (QED) is 0.322. The number of oxime groups is 1. The lowest BCUT2D eigenvalue weighted by molar-refractivity contribution is -0.133. The standard InChI is InChI=1S/C11H23N3O2/c1-7(2)6-8(3)14(5)11(15)9(4)10(12)13-16/h7-9,16H,6H2,1-5H3,(H2,12,13). The van der Waals surface area contributed by atoms with Crippen LogP contribution in [-0.2, 0) is 4.79 Å². The van der Waals surface area contributed by atoms with E-state index in [1.54, 1.807) is 18.9 Å². The predicted molar refractivity (Wildman–Crippen MR) is 64.3 cm³/mol. The van der Waals surface area contributed by atoms with Gasteiger partial charge in [-0.3, -0.25) is 4.79 Å². The van der Waals surface area contributed by atoms with Crippen LogP contribution in [-0.4, -0.2) is 34.9 Å². The highest BCUT2D eigenvalue weighted by atomic mass is 16.4. The lowest BCUT2D eigenvalue weighted by Crippen LogP contribution is -2.43. The smallest absolute Gasteiger partial charge is 0.233 e. The monoisotopic (exact) mass is 229 g/mol. The Labute approximate surface area is 97.3 Å². The summed E-state index contributed by atoms with van der Waals surface area (Å²) in [7, 11) is 1.75. The van der Waals surface area contributed by atoms with Crippen molar-refractivity contribution in [2.75, 3.05) is 7.05 Å². The van der Waals surface area contributed by atoms with Crippen molar-refractivity contribution < 1.29 is 10.0 Å². The second-order valence-electron chi connectivity index (χ2n) is 4.67. The van der Waals surface area contributed by atoms with E-state index in [0.717, 1.165) is 6.42 Å². The summed E-state index contributed by atoms with van der Waals surface area (Å²) in [6, 6.07) is 0.154. The van der Waals surface area contributed by atoms with Crippen LogP contribution in [0.15, 0.2) is 5.16 Å². The molecule has 2 atom stereocenters. The molecule has 16 heavy (non-hydrogen) atoms. The van der Waals surface area contributed by atoms with Gasteiger partial charge >= 0.3 is 0 Å². The molecule has 0 bridgehead atoms. The van der Waals surface area contributed by atoms with Crippen LogP contribution in [0.2, 0.25) is 0 Å². The van der Waals surface area contributed by atoms with Gasteiger partial charge in [0.1, 0.15) is 0 Å². The largest absolute Gasteiger partial charge is 0.409 e. The Balaban J connectivity index is 4.49. The number of nitrogens with two attached hydrogens (primary N) is 1. The van der Waals surface area contributed by atoms with E-state index in [0.29, 0.717) is 5.92 Å². The average molecular weight is 229 g/mol. The first kappa shape index (κ1) is 14.7. The zero-order valence-electron chi connectivity index (χ0n) is 10.8. The van der Waals surface area contributed by atoms with Crippen molar-refractivity contribution in [2.45, 2.75) is 40.2 Å². The van der Waals surface area contributed by atoms with Gasteiger partial charge in [-0.1, -0.05) is 19.0 Å². The molecule has 0 aliphatic carbocycles. The van der Waals surface area contributed by atoms with Crippen LogP contribution in [0.25, 0.3) is 0 Å². The van der Waals surface area contributed by atoms with Crippen molar-refractivity contribution in [3.63, 3.8) is 0 Å². The summed E-state index contributed by atoms with van der Waals surface area (Å²) in [5, 5.41) is 11.4. The Morgan fingerprint density at radius 3 is 2.25 bits per heavy atom. The minimum Gasteiger partial charge on any atom is -0.409 e. The number of nitrogens with zero attached hydrogens (tertiary/aromatic N) is 2. The van der Waals surface area contributed by atoms with Gasteiger partial charge in [0.25, 0.3) is 0 Å². The number of amides is 1. The van der Waals surface area contributed by atoms with Gasteiger partial charge in [0.15, 0.2) is 5.84 Å². The molecule has 0 aliphatic rings. The van der Waals surface area contributed by atoms with Gasteiger partial charge in [-0.15, -0.1) is 0 Å². The fourth-order valence-electron chi connectivity index (χ4n) is 1.58. The number of rotatable bonds is 5. The molecule has 0 radical (unpaired) electrons. The number of amidine groups is 1. The van der Waals surface area contributed by atoms with Gasteiger partial charge in [-0.2, -0.15) is 0 Å². The molecule has 0 aromatic heterocycles. The molecular formula is C11H23N3O2. The van der Waals surface area contributed by atoms with Crippen molar-refractivity contribution in [1.82, 2.24) is 4.90 Å². The maximum atomic E-state index is 11.9. The molecular weight excluding hydrogens is 206 g/mol. The average Bonchev–Trinajstić information content (AvgIpc) is 2.23. The Morgan fingerprint density at radius 1 is 1.38 bits per heavy atom. The molecule has 94 valence electrons. The third kappa shape index (κ3) is 4.08. The van der Waals surface area contributed by atoms with E-state index in [1.165, 1.54) is 0 Å². The highest BCUT2D eigenvalue weighted by Gasteiger charge is 2.24. The molecule has 3 N–H and O–H groups in total. The van der Waals surface area contributed by atoms with E-state index in [4.69, 9.17) is 10.9 Å². The fraction of sp³-hybridized carbons (Fsp3) is 0.818. The third-order valence-corrected chi connectivity index (χ3v) is 2.75. The summed E-state index contributed by atoms with van der Waals surface area (Å²) in [5.74, 6) is -0.217. The van der Waals surface area contributed by atoms with Crippen molar-refractivity contribution in [2.24, 2.45) is 22.7 Å². The number of carbonyl (C=O) groups excluding carboxylic acids is 1. The highest BCUT2D eigenvalue weighted by molar-refractivity contribution is 6.01. The normalized spacial score (nSPS) is 16.0. The molecule has 5 heteroatoms. The second kappa shape index (κ2) is 6.35. The first-order valence-electron chi connectivity index (χ1n) is 5.55. The van der Waals surface area contributed by atoms with Crippen molar-refractivity contribution in [1.29, 1.82) is 0 Å². The van der Waals surface area contributed by atoms with Crippen LogP contribution in [0.5, 0.6) is 0 Å². The molecule has 0 spiro atoms. The summed E-state index contributed by atoms with van der Waals surface area (Å²) in [6.45, 7) is 7.86. The van der Waals surface area contributed by atoms with Gasteiger partial charge in [-0.25, -0.2) is 0 Å². The summed E-state index contributed by atoms with van der Waals surface area (Å²) < 4.78 is 0. The van der Waals surface area contributed by atoms with Crippen LogP contribution in [0.3, 0.4) is 0 Å². The molecule has 0 saturated heterocycles. The maximum absolute atomic E-state index is 11.9. The van der Waals surface area contributed by atoms with Gasteiger partial charge in [-0.05, 0) is 26.2 Å². The molecule has 0 aliphatic heterocycles. The molecule has 0 aromatic rings. The summed E-state index contributed by atoms with van der Waals surface area (Å²) in [5.41, 5.74) is 5.41. The molecule has 0 aromatic carbocycles. The van der Waals surface area contributed by atoms with E-state index in [1.807, 2.05) is 6.92 Å². The minimum atomic E-state index is -0.579. The Hall–Kier alpha value is -1.26. The summed E-state index contributed by atoms with van der Waals surface area (Å²) >= 11 is 0. The Kier molecular flexibility index (Phi) is 5.85.